The second-order valence-corrected chi connectivity index (χ2v) is 6.34. The van der Waals surface area contributed by atoms with Gasteiger partial charge in [-0.3, -0.25) is 9.59 Å². The van der Waals surface area contributed by atoms with E-state index in [1.54, 1.807) is 41.4 Å². The van der Waals surface area contributed by atoms with Crippen molar-refractivity contribution in [3.8, 4) is 11.5 Å². The van der Waals surface area contributed by atoms with Gasteiger partial charge in [-0.2, -0.15) is 0 Å². The third kappa shape index (κ3) is 3.79. The summed E-state index contributed by atoms with van der Waals surface area (Å²) in [6.07, 6.45) is 2.49. The molecule has 2 aliphatic heterocycles. The highest BCUT2D eigenvalue weighted by Crippen LogP contribution is 2.32. The molecule has 140 valence electrons. The van der Waals surface area contributed by atoms with Crippen LogP contribution in [0.1, 0.15) is 10.4 Å². The van der Waals surface area contributed by atoms with E-state index in [9.17, 15) is 9.59 Å². The lowest BCUT2D eigenvalue weighted by molar-refractivity contribution is -0.118. The lowest BCUT2D eigenvalue weighted by Gasteiger charge is -2.33. The van der Waals surface area contributed by atoms with Crippen LogP contribution in [0.3, 0.4) is 0 Å². The van der Waals surface area contributed by atoms with E-state index in [1.807, 2.05) is 0 Å². The van der Waals surface area contributed by atoms with Crippen molar-refractivity contribution in [1.82, 2.24) is 9.88 Å². The van der Waals surface area contributed by atoms with Crippen LogP contribution in [0.2, 0.25) is 0 Å². The van der Waals surface area contributed by atoms with E-state index in [0.29, 0.717) is 62.1 Å². The summed E-state index contributed by atoms with van der Waals surface area (Å²) in [6, 6.07) is 8.77. The van der Waals surface area contributed by atoms with Crippen LogP contribution in [0.4, 0.5) is 11.5 Å². The van der Waals surface area contributed by atoms with Crippen molar-refractivity contribution in [2.75, 3.05) is 49.6 Å². The zero-order valence-corrected chi connectivity index (χ0v) is 14.8. The van der Waals surface area contributed by atoms with Crippen LogP contribution in [-0.4, -0.2) is 61.6 Å². The van der Waals surface area contributed by atoms with Crippen LogP contribution >= 0.6 is 0 Å². The van der Waals surface area contributed by atoms with Crippen molar-refractivity contribution in [2.24, 2.45) is 0 Å². The van der Waals surface area contributed by atoms with Gasteiger partial charge in [-0.05, 0) is 24.3 Å². The highest BCUT2D eigenvalue weighted by Gasteiger charge is 2.18. The van der Waals surface area contributed by atoms with Crippen molar-refractivity contribution in [3.05, 3.63) is 42.1 Å². The standard InChI is InChI=1S/C19H20N4O4/c24-13-22-5-7-23(8-6-22)18-11-14(3-4-20-18)19(25)21-15-1-2-16-17(12-15)27-10-9-26-16/h1-4,11-13H,5-10H2,(H,21,25). The molecule has 0 atom stereocenters. The Morgan fingerprint density at radius 2 is 1.81 bits per heavy atom. The van der Waals surface area contributed by atoms with E-state index >= 15 is 0 Å². The fraction of sp³-hybridized carbons (Fsp3) is 0.316. The summed E-state index contributed by atoms with van der Waals surface area (Å²) in [7, 11) is 0. The maximum Gasteiger partial charge on any atom is 0.255 e. The Hall–Kier alpha value is -3.29. The first-order valence-corrected chi connectivity index (χ1v) is 8.84. The van der Waals surface area contributed by atoms with E-state index in [1.165, 1.54) is 0 Å². The van der Waals surface area contributed by atoms with Crippen LogP contribution in [0, 0.1) is 0 Å². The Morgan fingerprint density at radius 3 is 2.59 bits per heavy atom. The molecule has 2 amide bonds. The van der Waals surface area contributed by atoms with Crippen molar-refractivity contribution in [3.63, 3.8) is 0 Å². The normalized spacial score (nSPS) is 16.0. The average Bonchev–Trinajstić information content (AvgIpc) is 2.74. The number of aromatic nitrogens is 1. The van der Waals surface area contributed by atoms with Gasteiger partial charge in [0.2, 0.25) is 6.41 Å². The Kier molecular flexibility index (Phi) is 4.78. The smallest absolute Gasteiger partial charge is 0.255 e. The number of pyridine rings is 1. The molecule has 0 aliphatic carbocycles. The molecular weight excluding hydrogens is 348 g/mol. The molecule has 0 spiro atoms. The van der Waals surface area contributed by atoms with Gasteiger partial charge in [-0.15, -0.1) is 0 Å². The predicted octanol–water partition coefficient (Wildman–Crippen LogP) is 1.38. The molecule has 8 heteroatoms. The minimum Gasteiger partial charge on any atom is -0.486 e. The van der Waals surface area contributed by atoms with E-state index in [-0.39, 0.29) is 5.91 Å². The first kappa shape index (κ1) is 17.1. The number of amides is 2. The van der Waals surface area contributed by atoms with Crippen LogP contribution in [0.5, 0.6) is 11.5 Å². The number of carbonyl (C=O) groups excluding carboxylic acids is 2. The molecule has 0 saturated carbocycles. The van der Waals surface area contributed by atoms with Gasteiger partial charge in [0, 0.05) is 49.7 Å². The lowest BCUT2D eigenvalue weighted by atomic mass is 10.2. The second kappa shape index (κ2) is 7.53. The van der Waals surface area contributed by atoms with Gasteiger partial charge in [0.25, 0.3) is 5.91 Å². The number of nitrogens with zero attached hydrogens (tertiary/aromatic N) is 3. The van der Waals surface area contributed by atoms with E-state index in [4.69, 9.17) is 9.47 Å². The quantitative estimate of drug-likeness (QED) is 0.821. The molecule has 2 aromatic rings. The van der Waals surface area contributed by atoms with Gasteiger partial charge in [-0.25, -0.2) is 4.98 Å². The SMILES string of the molecule is O=CN1CCN(c2cc(C(=O)Nc3ccc4c(c3)OCCO4)ccn2)CC1. The third-order valence-corrected chi connectivity index (χ3v) is 4.60. The molecule has 1 fully saturated rings. The number of benzene rings is 1. The fourth-order valence-corrected chi connectivity index (χ4v) is 3.11. The number of hydrogen-bond acceptors (Lipinski definition) is 6. The lowest BCUT2D eigenvalue weighted by Crippen LogP contribution is -2.46. The van der Waals surface area contributed by atoms with Gasteiger partial charge < -0.3 is 24.6 Å². The summed E-state index contributed by atoms with van der Waals surface area (Å²) in [6.45, 7) is 3.71. The molecule has 1 aromatic carbocycles. The molecule has 8 nitrogen and oxygen atoms in total. The number of nitrogens with one attached hydrogen (secondary N) is 1. The molecule has 1 saturated heterocycles. The fourth-order valence-electron chi connectivity index (χ4n) is 3.11. The Morgan fingerprint density at radius 1 is 1.04 bits per heavy atom. The number of hydrogen-bond donors (Lipinski definition) is 1. The van der Waals surface area contributed by atoms with Gasteiger partial charge in [0.1, 0.15) is 19.0 Å². The zero-order chi connectivity index (χ0) is 18.6. The van der Waals surface area contributed by atoms with Crippen molar-refractivity contribution >= 4 is 23.8 Å². The summed E-state index contributed by atoms with van der Waals surface area (Å²) in [5, 5.41) is 2.88. The minimum atomic E-state index is -0.221. The van der Waals surface area contributed by atoms with Crippen LogP contribution in [-0.2, 0) is 4.79 Å². The number of rotatable bonds is 4. The first-order valence-electron chi connectivity index (χ1n) is 8.84. The van der Waals surface area contributed by atoms with E-state index in [2.05, 4.69) is 15.2 Å². The maximum absolute atomic E-state index is 12.6. The monoisotopic (exact) mass is 368 g/mol. The summed E-state index contributed by atoms with van der Waals surface area (Å²) in [5.41, 5.74) is 1.16. The van der Waals surface area contributed by atoms with Crippen molar-refractivity contribution in [2.45, 2.75) is 0 Å². The molecule has 1 aromatic heterocycles. The van der Waals surface area contributed by atoms with E-state index in [0.717, 1.165) is 12.2 Å². The zero-order valence-electron chi connectivity index (χ0n) is 14.8. The van der Waals surface area contributed by atoms with Crippen LogP contribution in [0.25, 0.3) is 0 Å². The molecule has 1 N–H and O–H groups in total. The molecule has 3 heterocycles. The highest BCUT2D eigenvalue weighted by atomic mass is 16.6. The Bertz CT molecular complexity index is 849. The minimum absolute atomic E-state index is 0.221. The predicted molar refractivity (Wildman–Crippen MR) is 99.5 cm³/mol. The molecule has 4 rings (SSSR count). The van der Waals surface area contributed by atoms with Gasteiger partial charge in [0.05, 0.1) is 0 Å². The molecule has 0 unspecified atom stereocenters. The van der Waals surface area contributed by atoms with Crippen LogP contribution in [0.15, 0.2) is 36.5 Å². The maximum atomic E-state index is 12.6. The molecule has 2 aliphatic rings. The van der Waals surface area contributed by atoms with Gasteiger partial charge in [0.15, 0.2) is 11.5 Å². The molecular formula is C19H20N4O4. The number of anilines is 2. The van der Waals surface area contributed by atoms with Gasteiger partial charge >= 0.3 is 0 Å². The topological polar surface area (TPSA) is 84.0 Å². The molecule has 27 heavy (non-hydrogen) atoms. The number of ether oxygens (including phenoxy) is 2. The summed E-state index contributed by atoms with van der Waals surface area (Å²) < 4.78 is 11.0. The molecule has 0 radical (unpaired) electrons. The molecule has 0 bridgehead atoms. The Labute approximate surface area is 156 Å². The summed E-state index contributed by atoms with van der Waals surface area (Å²) >= 11 is 0. The number of piperazine rings is 1. The van der Waals surface area contributed by atoms with Crippen LogP contribution < -0.4 is 19.7 Å². The average molecular weight is 368 g/mol. The third-order valence-electron chi connectivity index (χ3n) is 4.60. The number of carbonyl (C=O) groups is 2. The Balaban J connectivity index is 1.45. The van der Waals surface area contributed by atoms with Crippen molar-refractivity contribution in [1.29, 1.82) is 0 Å². The first-order chi connectivity index (χ1) is 13.2. The number of fused-ring (bicyclic) bond motifs is 1. The second-order valence-electron chi connectivity index (χ2n) is 6.34. The largest absolute Gasteiger partial charge is 0.486 e. The highest BCUT2D eigenvalue weighted by molar-refractivity contribution is 6.04. The summed E-state index contributed by atoms with van der Waals surface area (Å²) in [5.74, 6) is 1.82. The van der Waals surface area contributed by atoms with Gasteiger partial charge in [-0.1, -0.05) is 0 Å². The van der Waals surface area contributed by atoms with Crippen molar-refractivity contribution < 1.29 is 19.1 Å². The van der Waals surface area contributed by atoms with E-state index < -0.39 is 0 Å². The summed E-state index contributed by atoms with van der Waals surface area (Å²) in [4.78, 5) is 31.6.